The lowest BCUT2D eigenvalue weighted by Gasteiger charge is -2.21. The molecule has 0 aromatic heterocycles. The number of nitrogens with one attached hydrogen (secondary N) is 1. The van der Waals surface area contributed by atoms with Crippen LogP contribution in [0.15, 0.2) is 0 Å². The number of ether oxygens (including phenoxy) is 1. The topological polar surface area (TPSA) is 98.5 Å². The number of rotatable bonds is 5. The summed E-state index contributed by atoms with van der Waals surface area (Å²) in [6, 6.07) is -0.748. The zero-order valence-electron chi connectivity index (χ0n) is 9.78. The summed E-state index contributed by atoms with van der Waals surface area (Å²) in [6.45, 7) is 5.14. The molecule has 16 heavy (non-hydrogen) atoms. The van der Waals surface area contributed by atoms with Gasteiger partial charge in [0.05, 0.1) is 6.04 Å². The molecule has 0 aliphatic heterocycles. The average Bonchev–Trinajstić information content (AvgIpc) is 2.08. The Morgan fingerprint density at radius 1 is 1.44 bits per heavy atom. The van der Waals surface area contributed by atoms with E-state index >= 15 is 0 Å². The van der Waals surface area contributed by atoms with E-state index in [-0.39, 0.29) is 12.8 Å². The van der Waals surface area contributed by atoms with Crippen LogP contribution in [0.5, 0.6) is 0 Å². The molecule has 0 aliphatic carbocycles. The molecule has 2 amide bonds. The van der Waals surface area contributed by atoms with Crippen molar-refractivity contribution in [1.29, 1.82) is 0 Å². The van der Waals surface area contributed by atoms with Crippen LogP contribution in [0.25, 0.3) is 0 Å². The lowest BCUT2D eigenvalue weighted by atomic mass is 10.2. The zero-order valence-corrected chi connectivity index (χ0v) is 9.78. The highest BCUT2D eigenvalue weighted by Gasteiger charge is 2.19. The maximum Gasteiger partial charge on any atom is 0.408 e. The van der Waals surface area contributed by atoms with Gasteiger partial charge in [-0.2, -0.15) is 0 Å². The maximum absolute atomic E-state index is 11.3. The third-order valence-electron chi connectivity index (χ3n) is 1.57. The number of primary amides is 1. The van der Waals surface area contributed by atoms with Crippen molar-refractivity contribution in [3.63, 3.8) is 0 Å². The van der Waals surface area contributed by atoms with Crippen LogP contribution in [0.4, 0.5) is 4.79 Å². The molecule has 0 bridgehead atoms. The van der Waals surface area contributed by atoms with E-state index in [4.69, 9.17) is 10.5 Å². The van der Waals surface area contributed by atoms with Crippen molar-refractivity contribution in [2.75, 3.05) is 0 Å². The van der Waals surface area contributed by atoms with Gasteiger partial charge in [0.15, 0.2) is 0 Å². The lowest BCUT2D eigenvalue weighted by Crippen LogP contribution is -2.40. The van der Waals surface area contributed by atoms with E-state index in [9.17, 15) is 14.4 Å². The Morgan fingerprint density at radius 3 is 2.38 bits per heavy atom. The summed E-state index contributed by atoms with van der Waals surface area (Å²) >= 11 is 0. The number of alkyl carbamates (subject to hydrolysis) is 1. The number of nitrogens with two attached hydrogens (primary N) is 1. The summed E-state index contributed by atoms with van der Waals surface area (Å²) in [5.41, 5.74) is 4.31. The SMILES string of the molecule is CC(C)(C)OC(=O)N[C@H](C=O)CCC(N)=O. The van der Waals surface area contributed by atoms with Crippen LogP contribution < -0.4 is 11.1 Å². The summed E-state index contributed by atoms with van der Waals surface area (Å²) in [5.74, 6) is -0.516. The molecule has 92 valence electrons. The lowest BCUT2D eigenvalue weighted by molar-refractivity contribution is -0.118. The number of carbonyl (C=O) groups is 3. The monoisotopic (exact) mass is 230 g/mol. The number of hydrogen-bond donors (Lipinski definition) is 2. The van der Waals surface area contributed by atoms with Gasteiger partial charge in [0.2, 0.25) is 5.91 Å². The Kier molecular flexibility index (Phi) is 5.49. The van der Waals surface area contributed by atoms with E-state index in [1.165, 1.54) is 0 Å². The smallest absolute Gasteiger partial charge is 0.408 e. The van der Waals surface area contributed by atoms with E-state index in [2.05, 4.69) is 5.32 Å². The second kappa shape index (κ2) is 6.09. The third-order valence-corrected chi connectivity index (χ3v) is 1.57. The van der Waals surface area contributed by atoms with Gasteiger partial charge in [-0.3, -0.25) is 4.79 Å². The number of amides is 2. The van der Waals surface area contributed by atoms with Crippen LogP contribution in [0.3, 0.4) is 0 Å². The largest absolute Gasteiger partial charge is 0.444 e. The molecule has 0 saturated carbocycles. The summed E-state index contributed by atoms with van der Waals surface area (Å²) in [7, 11) is 0. The highest BCUT2D eigenvalue weighted by atomic mass is 16.6. The first-order valence-corrected chi connectivity index (χ1v) is 4.97. The molecule has 6 nitrogen and oxygen atoms in total. The molecule has 1 atom stereocenters. The standard InChI is InChI=1S/C10H18N2O4/c1-10(2,3)16-9(15)12-7(6-13)4-5-8(11)14/h6-7H,4-5H2,1-3H3,(H2,11,14)(H,12,15)/t7-/m0/s1. The Morgan fingerprint density at radius 2 is 2.00 bits per heavy atom. The molecule has 0 aliphatic rings. The molecule has 0 aromatic rings. The van der Waals surface area contributed by atoms with Gasteiger partial charge in [-0.1, -0.05) is 0 Å². The molecule has 0 rings (SSSR count). The first-order chi connectivity index (χ1) is 7.24. The quantitative estimate of drug-likeness (QED) is 0.665. The fraction of sp³-hybridized carbons (Fsp3) is 0.700. The van der Waals surface area contributed by atoms with E-state index in [1.807, 2.05) is 0 Å². The first-order valence-electron chi connectivity index (χ1n) is 4.97. The molecule has 6 heteroatoms. The minimum atomic E-state index is -0.748. The predicted molar refractivity (Wildman–Crippen MR) is 57.7 cm³/mol. The van der Waals surface area contributed by atoms with E-state index < -0.39 is 23.6 Å². The first kappa shape index (κ1) is 14.4. The van der Waals surface area contributed by atoms with Crippen molar-refractivity contribution in [3.8, 4) is 0 Å². The highest BCUT2D eigenvalue weighted by molar-refractivity contribution is 5.76. The predicted octanol–water partition coefficient (Wildman–Crippen LogP) is 0.344. The highest BCUT2D eigenvalue weighted by Crippen LogP contribution is 2.07. The average molecular weight is 230 g/mol. The normalized spacial score (nSPS) is 12.7. The third kappa shape index (κ3) is 7.78. The van der Waals surface area contributed by atoms with Gasteiger partial charge in [-0.15, -0.1) is 0 Å². The molecular formula is C10H18N2O4. The van der Waals surface area contributed by atoms with Crippen LogP contribution in [-0.4, -0.2) is 29.9 Å². The van der Waals surface area contributed by atoms with Gasteiger partial charge in [-0.05, 0) is 27.2 Å². The van der Waals surface area contributed by atoms with Crippen LogP contribution in [0.2, 0.25) is 0 Å². The van der Waals surface area contributed by atoms with Gasteiger partial charge < -0.3 is 20.6 Å². The molecule has 0 unspecified atom stereocenters. The number of carbonyl (C=O) groups excluding carboxylic acids is 3. The summed E-state index contributed by atoms with van der Waals surface area (Å²) in [5, 5.41) is 2.34. The summed E-state index contributed by atoms with van der Waals surface area (Å²) in [4.78, 5) is 32.4. The van der Waals surface area contributed by atoms with Crippen LogP contribution in [0, 0.1) is 0 Å². The number of hydrogen-bond acceptors (Lipinski definition) is 4. The van der Waals surface area contributed by atoms with Gasteiger partial charge >= 0.3 is 6.09 Å². The zero-order chi connectivity index (χ0) is 12.8. The number of aldehydes is 1. The van der Waals surface area contributed by atoms with Gasteiger partial charge in [0.1, 0.15) is 11.9 Å². The Hall–Kier alpha value is -1.59. The van der Waals surface area contributed by atoms with Crippen molar-refractivity contribution in [2.45, 2.75) is 45.3 Å². The van der Waals surface area contributed by atoms with Crippen LogP contribution in [0.1, 0.15) is 33.6 Å². The van der Waals surface area contributed by atoms with Crippen LogP contribution >= 0.6 is 0 Å². The Labute approximate surface area is 94.5 Å². The van der Waals surface area contributed by atoms with Crippen LogP contribution in [-0.2, 0) is 14.3 Å². The van der Waals surface area contributed by atoms with E-state index in [1.54, 1.807) is 20.8 Å². The molecule has 0 heterocycles. The fourth-order valence-electron chi connectivity index (χ4n) is 0.931. The molecular weight excluding hydrogens is 212 g/mol. The Balaban J connectivity index is 4.07. The van der Waals surface area contributed by atoms with E-state index in [0.29, 0.717) is 6.29 Å². The van der Waals surface area contributed by atoms with Gasteiger partial charge in [-0.25, -0.2) is 4.79 Å². The summed E-state index contributed by atoms with van der Waals surface area (Å²) < 4.78 is 4.95. The minimum absolute atomic E-state index is 0.0409. The van der Waals surface area contributed by atoms with Crippen molar-refractivity contribution in [2.24, 2.45) is 5.73 Å². The second-order valence-electron chi connectivity index (χ2n) is 4.39. The molecule has 3 N–H and O–H groups in total. The molecule has 0 radical (unpaired) electrons. The second-order valence-corrected chi connectivity index (χ2v) is 4.39. The molecule has 0 fully saturated rings. The van der Waals surface area contributed by atoms with Crippen molar-refractivity contribution >= 4 is 18.3 Å². The summed E-state index contributed by atoms with van der Waals surface area (Å²) in [6.07, 6.45) is 0.0820. The van der Waals surface area contributed by atoms with Crippen molar-refractivity contribution in [1.82, 2.24) is 5.32 Å². The molecule has 0 aromatic carbocycles. The van der Waals surface area contributed by atoms with Gasteiger partial charge in [0.25, 0.3) is 0 Å². The minimum Gasteiger partial charge on any atom is -0.444 e. The Bertz CT molecular complexity index is 270. The van der Waals surface area contributed by atoms with Crippen molar-refractivity contribution < 1.29 is 19.1 Å². The molecule has 0 saturated heterocycles. The maximum atomic E-state index is 11.3. The fourth-order valence-corrected chi connectivity index (χ4v) is 0.931. The van der Waals surface area contributed by atoms with Crippen molar-refractivity contribution in [3.05, 3.63) is 0 Å². The van der Waals surface area contributed by atoms with Gasteiger partial charge in [0, 0.05) is 6.42 Å². The molecule has 0 spiro atoms. The van der Waals surface area contributed by atoms with E-state index in [0.717, 1.165) is 0 Å².